The van der Waals surface area contributed by atoms with Crippen molar-refractivity contribution >= 4 is 37.6 Å². The standard InChI is InChI=1S/C11H14BrNO4S/c1-8-3-4-9(12)7-10(8)13-18(15,16)6-5-11(14)17-2/h3-4,7,13H,5-6H2,1-2H3. The number of rotatable bonds is 5. The number of methoxy groups -OCH3 is 1. The number of sulfonamides is 1. The molecule has 0 aliphatic rings. The fourth-order valence-corrected chi connectivity index (χ4v) is 2.70. The molecule has 5 nitrogen and oxygen atoms in total. The molecule has 18 heavy (non-hydrogen) atoms. The SMILES string of the molecule is COC(=O)CCS(=O)(=O)Nc1cc(Br)ccc1C. The summed E-state index contributed by atoms with van der Waals surface area (Å²) in [6.07, 6.45) is -0.168. The van der Waals surface area contributed by atoms with Crippen LogP contribution < -0.4 is 4.72 Å². The molecule has 0 unspecified atom stereocenters. The summed E-state index contributed by atoms with van der Waals surface area (Å²) in [4.78, 5) is 10.9. The number of benzene rings is 1. The summed E-state index contributed by atoms with van der Waals surface area (Å²) >= 11 is 3.27. The summed E-state index contributed by atoms with van der Waals surface area (Å²) < 4.78 is 31.1. The van der Waals surface area contributed by atoms with E-state index in [1.54, 1.807) is 19.1 Å². The zero-order valence-corrected chi connectivity index (χ0v) is 12.5. The number of anilines is 1. The maximum Gasteiger partial charge on any atom is 0.306 e. The fraction of sp³-hybridized carbons (Fsp3) is 0.364. The summed E-state index contributed by atoms with van der Waals surface area (Å²) in [6, 6.07) is 5.29. The lowest BCUT2D eigenvalue weighted by Crippen LogP contribution is -2.20. The molecule has 1 rings (SSSR count). The van der Waals surface area contributed by atoms with Crippen molar-refractivity contribution in [2.45, 2.75) is 13.3 Å². The first-order chi connectivity index (χ1) is 8.34. The second-order valence-electron chi connectivity index (χ2n) is 3.71. The van der Waals surface area contributed by atoms with Crippen LogP contribution in [0.15, 0.2) is 22.7 Å². The van der Waals surface area contributed by atoms with Crippen molar-refractivity contribution in [3.63, 3.8) is 0 Å². The van der Waals surface area contributed by atoms with Crippen molar-refractivity contribution in [3.05, 3.63) is 28.2 Å². The van der Waals surface area contributed by atoms with Crippen molar-refractivity contribution in [3.8, 4) is 0 Å². The number of hydrogen-bond donors (Lipinski definition) is 1. The Balaban J connectivity index is 2.76. The quantitative estimate of drug-likeness (QED) is 0.836. The average molecular weight is 336 g/mol. The summed E-state index contributed by atoms with van der Waals surface area (Å²) in [6.45, 7) is 1.80. The van der Waals surface area contributed by atoms with Gasteiger partial charge in [0, 0.05) is 4.47 Å². The highest BCUT2D eigenvalue weighted by Crippen LogP contribution is 2.21. The number of halogens is 1. The third-order valence-corrected chi connectivity index (χ3v) is 4.03. The van der Waals surface area contributed by atoms with Gasteiger partial charge in [-0.1, -0.05) is 22.0 Å². The molecule has 1 N–H and O–H groups in total. The highest BCUT2D eigenvalue weighted by atomic mass is 79.9. The third kappa shape index (κ3) is 4.66. The highest BCUT2D eigenvalue weighted by molar-refractivity contribution is 9.10. The van der Waals surface area contributed by atoms with Crippen molar-refractivity contribution in [2.75, 3.05) is 17.6 Å². The highest BCUT2D eigenvalue weighted by Gasteiger charge is 2.14. The number of hydrogen-bond acceptors (Lipinski definition) is 4. The van der Waals surface area contributed by atoms with Gasteiger partial charge in [0.15, 0.2) is 0 Å². The molecule has 0 saturated carbocycles. The molecular weight excluding hydrogens is 322 g/mol. The molecule has 7 heteroatoms. The molecule has 0 radical (unpaired) electrons. The second-order valence-corrected chi connectivity index (χ2v) is 6.46. The Morgan fingerprint density at radius 1 is 1.44 bits per heavy atom. The Labute approximate surface area is 115 Å². The first-order valence-electron chi connectivity index (χ1n) is 5.17. The van der Waals surface area contributed by atoms with E-state index in [1.165, 1.54) is 7.11 Å². The zero-order chi connectivity index (χ0) is 13.8. The summed E-state index contributed by atoms with van der Waals surface area (Å²) in [5.41, 5.74) is 1.30. The summed E-state index contributed by atoms with van der Waals surface area (Å²) in [5.74, 6) is -0.850. The van der Waals surface area contributed by atoms with Crippen LogP contribution in [-0.4, -0.2) is 27.2 Å². The minimum Gasteiger partial charge on any atom is -0.469 e. The molecule has 0 aliphatic heterocycles. The van der Waals surface area contributed by atoms with Crippen LogP contribution in [0.4, 0.5) is 5.69 Å². The molecule has 0 aromatic heterocycles. The van der Waals surface area contributed by atoms with Crippen LogP contribution in [0, 0.1) is 6.92 Å². The topological polar surface area (TPSA) is 72.5 Å². The minimum absolute atomic E-state index is 0.168. The summed E-state index contributed by atoms with van der Waals surface area (Å²) in [7, 11) is -2.33. The van der Waals surface area contributed by atoms with Crippen LogP contribution >= 0.6 is 15.9 Å². The molecule has 0 spiro atoms. The van der Waals surface area contributed by atoms with Gasteiger partial charge in [0.2, 0.25) is 10.0 Å². The molecule has 0 amide bonds. The van der Waals surface area contributed by atoms with Gasteiger partial charge in [-0.3, -0.25) is 9.52 Å². The van der Waals surface area contributed by atoms with E-state index in [1.807, 2.05) is 6.07 Å². The normalized spacial score (nSPS) is 11.1. The predicted octanol–water partition coefficient (Wildman–Crippen LogP) is 2.06. The number of carbonyl (C=O) groups excluding carboxylic acids is 1. The van der Waals surface area contributed by atoms with E-state index in [0.717, 1.165) is 10.0 Å². The van der Waals surface area contributed by atoms with E-state index >= 15 is 0 Å². The molecular formula is C11H14BrNO4S. The van der Waals surface area contributed by atoms with Crippen LogP contribution in [0.25, 0.3) is 0 Å². The Morgan fingerprint density at radius 2 is 2.11 bits per heavy atom. The van der Waals surface area contributed by atoms with E-state index in [9.17, 15) is 13.2 Å². The van der Waals surface area contributed by atoms with Gasteiger partial charge in [-0.2, -0.15) is 0 Å². The van der Waals surface area contributed by atoms with Gasteiger partial charge in [0.05, 0.1) is 25.0 Å². The van der Waals surface area contributed by atoms with E-state index in [0.29, 0.717) is 5.69 Å². The molecule has 1 aromatic rings. The fourth-order valence-electron chi connectivity index (χ4n) is 1.24. The third-order valence-electron chi connectivity index (χ3n) is 2.27. The maximum absolute atomic E-state index is 11.7. The monoisotopic (exact) mass is 335 g/mol. The van der Waals surface area contributed by atoms with Crippen molar-refractivity contribution in [1.29, 1.82) is 0 Å². The van der Waals surface area contributed by atoms with Crippen molar-refractivity contribution in [2.24, 2.45) is 0 Å². The van der Waals surface area contributed by atoms with Gasteiger partial charge in [-0.15, -0.1) is 0 Å². The van der Waals surface area contributed by atoms with Crippen LogP contribution in [0.5, 0.6) is 0 Å². The van der Waals surface area contributed by atoms with Gasteiger partial charge in [0.25, 0.3) is 0 Å². The number of esters is 1. The predicted molar refractivity (Wildman–Crippen MR) is 72.9 cm³/mol. The van der Waals surface area contributed by atoms with E-state index in [2.05, 4.69) is 25.4 Å². The number of aryl methyl sites for hydroxylation is 1. The van der Waals surface area contributed by atoms with Crippen LogP contribution in [0.3, 0.4) is 0 Å². The lowest BCUT2D eigenvalue weighted by molar-refractivity contribution is -0.140. The molecule has 0 heterocycles. The zero-order valence-electron chi connectivity index (χ0n) is 10.1. The van der Waals surface area contributed by atoms with E-state index in [-0.39, 0.29) is 12.2 Å². The van der Waals surface area contributed by atoms with Crippen molar-refractivity contribution in [1.82, 2.24) is 0 Å². The van der Waals surface area contributed by atoms with Gasteiger partial charge >= 0.3 is 5.97 Å². The Hall–Kier alpha value is -1.08. The lowest BCUT2D eigenvalue weighted by atomic mass is 10.2. The van der Waals surface area contributed by atoms with E-state index in [4.69, 9.17) is 0 Å². The molecule has 0 saturated heterocycles. The smallest absolute Gasteiger partial charge is 0.306 e. The Kier molecular flexibility index (Phi) is 5.15. The molecule has 0 fully saturated rings. The van der Waals surface area contributed by atoms with Crippen LogP contribution in [0.2, 0.25) is 0 Å². The van der Waals surface area contributed by atoms with Gasteiger partial charge < -0.3 is 4.74 Å². The maximum atomic E-state index is 11.7. The summed E-state index contributed by atoms with van der Waals surface area (Å²) in [5, 5.41) is 0. The van der Waals surface area contributed by atoms with Crippen LogP contribution in [0.1, 0.15) is 12.0 Å². The van der Waals surface area contributed by atoms with E-state index < -0.39 is 16.0 Å². The molecule has 0 aliphatic carbocycles. The number of nitrogens with one attached hydrogen (secondary N) is 1. The van der Waals surface area contributed by atoms with Crippen molar-refractivity contribution < 1.29 is 17.9 Å². The Bertz CT molecular complexity index is 542. The average Bonchev–Trinajstić information content (AvgIpc) is 2.30. The number of carbonyl (C=O) groups is 1. The Morgan fingerprint density at radius 3 is 2.72 bits per heavy atom. The first-order valence-corrected chi connectivity index (χ1v) is 7.62. The van der Waals surface area contributed by atoms with Crippen LogP contribution in [-0.2, 0) is 19.6 Å². The van der Waals surface area contributed by atoms with Gasteiger partial charge in [0.1, 0.15) is 0 Å². The molecule has 1 aromatic carbocycles. The van der Waals surface area contributed by atoms with Gasteiger partial charge in [-0.25, -0.2) is 8.42 Å². The molecule has 0 bridgehead atoms. The minimum atomic E-state index is -3.55. The second kappa shape index (κ2) is 6.19. The first kappa shape index (κ1) is 15.0. The largest absolute Gasteiger partial charge is 0.469 e. The molecule has 0 atom stereocenters. The number of ether oxygens (including phenoxy) is 1. The molecule has 100 valence electrons. The van der Waals surface area contributed by atoms with Gasteiger partial charge in [-0.05, 0) is 24.6 Å². The lowest BCUT2D eigenvalue weighted by Gasteiger charge is -2.10.